The van der Waals surface area contributed by atoms with Gasteiger partial charge in [0, 0.05) is 6.08 Å². The van der Waals surface area contributed by atoms with Crippen LogP contribution in [0.5, 0.6) is 5.75 Å². The Morgan fingerprint density at radius 2 is 1.75 bits per heavy atom. The molecule has 0 amide bonds. The number of esters is 1. The van der Waals surface area contributed by atoms with Gasteiger partial charge in [-0.25, -0.2) is 4.79 Å². The van der Waals surface area contributed by atoms with Crippen LogP contribution < -0.4 is 4.74 Å². The first-order valence-corrected chi connectivity index (χ1v) is 7.69. The zero-order chi connectivity index (χ0) is 16.9. The summed E-state index contributed by atoms with van der Waals surface area (Å²) in [5.41, 5.74) is 0. The fourth-order valence-electron chi connectivity index (χ4n) is 2.55. The van der Waals surface area contributed by atoms with E-state index in [2.05, 4.69) is 30.8 Å². The summed E-state index contributed by atoms with van der Waals surface area (Å²) in [6.45, 7) is 3.22. The molecule has 4 heteroatoms. The highest BCUT2D eigenvalue weighted by Crippen LogP contribution is 2.28. The summed E-state index contributed by atoms with van der Waals surface area (Å²) in [5.74, 6) is 0.0965. The van der Waals surface area contributed by atoms with Gasteiger partial charge in [-0.1, -0.05) is 49.0 Å². The predicted molar refractivity (Wildman–Crippen MR) is 94.1 cm³/mol. The van der Waals surface area contributed by atoms with Crippen molar-refractivity contribution >= 4 is 27.5 Å². The molecule has 0 aliphatic carbocycles. The molecule has 3 aromatic rings. The highest BCUT2D eigenvalue weighted by molar-refractivity contribution is 6.07. The number of hydrogen-bond donors (Lipinski definition) is 1. The van der Waals surface area contributed by atoms with E-state index in [0.29, 0.717) is 5.75 Å². The molecular formula is C20H18O4. The Morgan fingerprint density at radius 3 is 2.54 bits per heavy atom. The standard InChI is InChI=1S/C20H18O4/c1-2-20(22)24-13-16(21)12-23-17-10-9-15-8-7-14-5-3-4-6-18(14)19(15)11-17/h2-11,16,21H,1,12-13H2. The van der Waals surface area contributed by atoms with Crippen LogP contribution in [0.25, 0.3) is 21.5 Å². The molecule has 3 rings (SSSR count). The van der Waals surface area contributed by atoms with Crippen molar-refractivity contribution in [2.24, 2.45) is 0 Å². The summed E-state index contributed by atoms with van der Waals surface area (Å²) in [7, 11) is 0. The highest BCUT2D eigenvalue weighted by atomic mass is 16.5. The summed E-state index contributed by atoms with van der Waals surface area (Å²) in [6, 6.07) is 18.1. The molecule has 0 radical (unpaired) electrons. The lowest BCUT2D eigenvalue weighted by Crippen LogP contribution is -2.24. The van der Waals surface area contributed by atoms with Crippen LogP contribution >= 0.6 is 0 Å². The summed E-state index contributed by atoms with van der Waals surface area (Å²) < 4.78 is 10.4. The SMILES string of the molecule is C=CC(=O)OCC(O)COc1ccc2ccc3ccccc3c2c1. The van der Waals surface area contributed by atoms with Crippen LogP contribution in [0.3, 0.4) is 0 Å². The summed E-state index contributed by atoms with van der Waals surface area (Å²) in [4.78, 5) is 11.0. The van der Waals surface area contributed by atoms with Gasteiger partial charge < -0.3 is 14.6 Å². The lowest BCUT2D eigenvalue weighted by Gasteiger charge is -2.13. The van der Waals surface area contributed by atoms with Crippen LogP contribution in [0.1, 0.15) is 0 Å². The van der Waals surface area contributed by atoms with Crippen LogP contribution in [0.15, 0.2) is 67.3 Å². The smallest absolute Gasteiger partial charge is 0.330 e. The van der Waals surface area contributed by atoms with Crippen LogP contribution in [-0.4, -0.2) is 30.4 Å². The third-order valence-corrected chi connectivity index (χ3v) is 3.75. The first kappa shape index (κ1) is 16.0. The molecule has 0 aromatic heterocycles. The normalized spacial score (nSPS) is 12.0. The number of ether oxygens (including phenoxy) is 2. The molecule has 3 aromatic carbocycles. The van der Waals surface area contributed by atoms with E-state index in [1.165, 1.54) is 5.39 Å². The molecule has 1 atom stereocenters. The average Bonchev–Trinajstić information content (AvgIpc) is 2.64. The van der Waals surface area contributed by atoms with E-state index < -0.39 is 12.1 Å². The summed E-state index contributed by atoms with van der Waals surface area (Å²) in [6.07, 6.45) is 0.166. The third kappa shape index (κ3) is 3.55. The minimum atomic E-state index is -0.892. The fourth-order valence-corrected chi connectivity index (χ4v) is 2.55. The molecule has 1 N–H and O–H groups in total. The number of carbonyl (C=O) groups is 1. The van der Waals surface area contributed by atoms with Gasteiger partial charge in [0.1, 0.15) is 25.1 Å². The molecule has 4 nitrogen and oxygen atoms in total. The Bertz CT molecular complexity index is 885. The number of hydrogen-bond acceptors (Lipinski definition) is 4. The largest absolute Gasteiger partial charge is 0.491 e. The van der Waals surface area contributed by atoms with E-state index in [0.717, 1.165) is 22.2 Å². The molecule has 0 fully saturated rings. The van der Waals surface area contributed by atoms with Crippen LogP contribution in [0.4, 0.5) is 0 Å². The van der Waals surface area contributed by atoms with Gasteiger partial charge in [0.05, 0.1) is 0 Å². The monoisotopic (exact) mass is 322 g/mol. The number of aliphatic hydroxyl groups is 1. The van der Waals surface area contributed by atoms with E-state index in [-0.39, 0.29) is 13.2 Å². The quantitative estimate of drug-likeness (QED) is 0.429. The minimum Gasteiger partial charge on any atom is -0.491 e. The van der Waals surface area contributed by atoms with Crippen molar-refractivity contribution in [2.45, 2.75) is 6.10 Å². The molecule has 0 aliphatic rings. The lowest BCUT2D eigenvalue weighted by molar-refractivity contribution is -0.141. The van der Waals surface area contributed by atoms with Gasteiger partial charge in [0.15, 0.2) is 0 Å². The van der Waals surface area contributed by atoms with Gasteiger partial charge in [0.2, 0.25) is 0 Å². The zero-order valence-corrected chi connectivity index (χ0v) is 13.1. The van der Waals surface area contributed by atoms with Gasteiger partial charge in [-0.3, -0.25) is 0 Å². The van der Waals surface area contributed by atoms with E-state index in [1.807, 2.05) is 30.3 Å². The van der Waals surface area contributed by atoms with Crippen LogP contribution in [-0.2, 0) is 9.53 Å². The van der Waals surface area contributed by atoms with Gasteiger partial charge in [0.25, 0.3) is 0 Å². The van der Waals surface area contributed by atoms with Crippen molar-refractivity contribution in [3.63, 3.8) is 0 Å². The van der Waals surface area contributed by atoms with Gasteiger partial charge in [-0.2, -0.15) is 0 Å². The van der Waals surface area contributed by atoms with Crippen LogP contribution in [0.2, 0.25) is 0 Å². The first-order chi connectivity index (χ1) is 11.7. The van der Waals surface area contributed by atoms with E-state index in [9.17, 15) is 9.90 Å². The number of fused-ring (bicyclic) bond motifs is 3. The molecule has 0 spiro atoms. The second-order valence-corrected chi connectivity index (χ2v) is 5.47. The Hall–Kier alpha value is -2.85. The maximum absolute atomic E-state index is 11.0. The second-order valence-electron chi connectivity index (χ2n) is 5.47. The Morgan fingerprint density at radius 1 is 1.04 bits per heavy atom. The fraction of sp³-hybridized carbons (Fsp3) is 0.150. The van der Waals surface area contributed by atoms with Gasteiger partial charge in [-0.05, 0) is 33.7 Å². The number of rotatable bonds is 6. The van der Waals surface area contributed by atoms with Crippen molar-refractivity contribution < 1.29 is 19.4 Å². The Labute approximate surface area is 139 Å². The van der Waals surface area contributed by atoms with E-state index in [1.54, 1.807) is 0 Å². The average molecular weight is 322 g/mol. The molecule has 0 heterocycles. The number of carbonyl (C=O) groups excluding carboxylic acids is 1. The molecule has 24 heavy (non-hydrogen) atoms. The molecule has 0 bridgehead atoms. The van der Waals surface area contributed by atoms with E-state index in [4.69, 9.17) is 9.47 Å². The number of aliphatic hydroxyl groups excluding tert-OH is 1. The molecular weight excluding hydrogens is 304 g/mol. The van der Waals surface area contributed by atoms with Crippen molar-refractivity contribution in [1.82, 2.24) is 0 Å². The topological polar surface area (TPSA) is 55.8 Å². The van der Waals surface area contributed by atoms with E-state index >= 15 is 0 Å². The second kappa shape index (κ2) is 7.15. The minimum absolute atomic E-state index is 0.0424. The maximum Gasteiger partial charge on any atom is 0.330 e. The number of benzene rings is 3. The van der Waals surface area contributed by atoms with Crippen molar-refractivity contribution in [3.8, 4) is 5.75 Å². The molecule has 0 saturated carbocycles. The van der Waals surface area contributed by atoms with Crippen molar-refractivity contribution in [1.29, 1.82) is 0 Å². The highest BCUT2D eigenvalue weighted by Gasteiger charge is 2.09. The predicted octanol–water partition coefficient (Wildman–Crippen LogP) is 3.46. The summed E-state index contributed by atoms with van der Waals surface area (Å²) in [5, 5.41) is 14.3. The van der Waals surface area contributed by atoms with Crippen LogP contribution in [0, 0.1) is 0 Å². The maximum atomic E-state index is 11.0. The first-order valence-electron chi connectivity index (χ1n) is 7.69. The molecule has 0 aliphatic heterocycles. The Balaban J connectivity index is 1.74. The zero-order valence-electron chi connectivity index (χ0n) is 13.1. The molecule has 1 unspecified atom stereocenters. The van der Waals surface area contributed by atoms with Crippen molar-refractivity contribution in [3.05, 3.63) is 67.3 Å². The summed E-state index contributed by atoms with van der Waals surface area (Å²) >= 11 is 0. The Kier molecular flexibility index (Phi) is 4.77. The van der Waals surface area contributed by atoms with Crippen molar-refractivity contribution in [2.75, 3.05) is 13.2 Å². The molecule has 0 saturated heterocycles. The lowest BCUT2D eigenvalue weighted by atomic mass is 10.0. The van der Waals surface area contributed by atoms with Gasteiger partial charge >= 0.3 is 5.97 Å². The van der Waals surface area contributed by atoms with Gasteiger partial charge in [-0.15, -0.1) is 0 Å². The molecule has 122 valence electrons. The third-order valence-electron chi connectivity index (χ3n) is 3.75.